The summed E-state index contributed by atoms with van der Waals surface area (Å²) < 4.78 is 0. The van der Waals surface area contributed by atoms with Gasteiger partial charge in [0.15, 0.2) is 0 Å². The van der Waals surface area contributed by atoms with Gasteiger partial charge in [0, 0.05) is 22.8 Å². The third kappa shape index (κ3) is 4.59. The van der Waals surface area contributed by atoms with Crippen molar-refractivity contribution in [1.29, 1.82) is 0 Å². The Hall–Kier alpha value is -0.380. The summed E-state index contributed by atoms with van der Waals surface area (Å²) >= 11 is 1.91. The van der Waals surface area contributed by atoms with Crippen molar-refractivity contribution >= 4 is 11.3 Å². The van der Waals surface area contributed by atoms with Crippen molar-refractivity contribution in [1.82, 2.24) is 4.90 Å². The van der Waals surface area contributed by atoms with Crippen molar-refractivity contribution in [2.24, 2.45) is 11.7 Å². The summed E-state index contributed by atoms with van der Waals surface area (Å²) in [5.41, 5.74) is 6.24. The van der Waals surface area contributed by atoms with Gasteiger partial charge in [0.2, 0.25) is 0 Å². The Bertz CT molecular complexity index is 378. The highest BCUT2D eigenvalue weighted by atomic mass is 32.1. The van der Waals surface area contributed by atoms with E-state index >= 15 is 0 Å². The molecule has 0 spiro atoms. The molecule has 0 fully saturated rings. The molecule has 110 valence electrons. The maximum atomic E-state index is 6.01. The fourth-order valence-electron chi connectivity index (χ4n) is 2.20. The van der Waals surface area contributed by atoms with E-state index in [1.165, 1.54) is 16.2 Å². The molecule has 2 N–H and O–H groups in total. The molecule has 0 radical (unpaired) electrons. The molecule has 19 heavy (non-hydrogen) atoms. The number of nitrogens with zero attached hydrogens (tertiary/aromatic N) is 1. The molecule has 0 aliphatic heterocycles. The Kier molecular flexibility index (Phi) is 6.03. The molecule has 1 aromatic rings. The number of nitrogens with two attached hydrogens (primary N) is 1. The molecule has 0 bridgehead atoms. The summed E-state index contributed by atoms with van der Waals surface area (Å²) in [7, 11) is 2.19. The summed E-state index contributed by atoms with van der Waals surface area (Å²) in [4.78, 5) is 5.25. The minimum atomic E-state index is 0.233. The van der Waals surface area contributed by atoms with Crippen LogP contribution in [0.3, 0.4) is 0 Å². The highest BCUT2D eigenvalue weighted by Crippen LogP contribution is 2.33. The predicted octanol–water partition coefficient (Wildman–Crippen LogP) is 4.02. The van der Waals surface area contributed by atoms with E-state index in [0.717, 1.165) is 12.5 Å². The first-order chi connectivity index (χ1) is 8.79. The Balaban J connectivity index is 2.82. The molecule has 0 saturated heterocycles. The number of likely N-dealkylation sites (N-methyl/N-ethyl adjacent to an activating group) is 1. The third-order valence-electron chi connectivity index (χ3n) is 3.75. The number of rotatable bonds is 6. The largest absolute Gasteiger partial charge is 0.329 e. The summed E-state index contributed by atoms with van der Waals surface area (Å²) in [5.74, 6) is 0.723. The van der Waals surface area contributed by atoms with Crippen LogP contribution in [0.15, 0.2) is 12.1 Å². The van der Waals surface area contributed by atoms with Crippen LogP contribution in [0.1, 0.15) is 56.8 Å². The molecule has 2 atom stereocenters. The van der Waals surface area contributed by atoms with Crippen LogP contribution in [0.5, 0.6) is 0 Å². The van der Waals surface area contributed by atoms with Gasteiger partial charge < -0.3 is 5.73 Å². The maximum Gasteiger partial charge on any atom is 0.0562 e. The second-order valence-electron chi connectivity index (χ2n) is 6.66. The molecular weight excluding hydrogens is 252 g/mol. The minimum Gasteiger partial charge on any atom is -0.329 e. The fraction of sp³-hybridized carbons (Fsp3) is 0.750. The first kappa shape index (κ1) is 16.7. The summed E-state index contributed by atoms with van der Waals surface area (Å²) in [6.07, 6.45) is 1.22. The van der Waals surface area contributed by atoms with Gasteiger partial charge in [0.05, 0.1) is 6.04 Å². The molecule has 0 aliphatic carbocycles. The van der Waals surface area contributed by atoms with Crippen LogP contribution in [0.25, 0.3) is 0 Å². The molecule has 2 nitrogen and oxygen atoms in total. The Morgan fingerprint density at radius 3 is 2.37 bits per heavy atom. The van der Waals surface area contributed by atoms with Crippen LogP contribution >= 0.6 is 11.3 Å². The van der Waals surface area contributed by atoms with Gasteiger partial charge in [-0.15, -0.1) is 11.3 Å². The predicted molar refractivity (Wildman–Crippen MR) is 86.9 cm³/mol. The van der Waals surface area contributed by atoms with Crippen LogP contribution in [0.2, 0.25) is 0 Å². The average molecular weight is 282 g/mol. The molecule has 1 heterocycles. The fourth-order valence-corrected chi connectivity index (χ4v) is 3.44. The van der Waals surface area contributed by atoms with Crippen molar-refractivity contribution in [3.05, 3.63) is 21.9 Å². The van der Waals surface area contributed by atoms with E-state index in [0.29, 0.717) is 12.6 Å². The highest BCUT2D eigenvalue weighted by Gasteiger charge is 2.22. The van der Waals surface area contributed by atoms with Gasteiger partial charge in [-0.05, 0) is 30.5 Å². The van der Waals surface area contributed by atoms with Crippen molar-refractivity contribution < 1.29 is 0 Å². The smallest absolute Gasteiger partial charge is 0.0562 e. The lowest BCUT2D eigenvalue weighted by molar-refractivity contribution is 0.218. The Labute approximate surface area is 123 Å². The molecule has 0 aromatic carbocycles. The van der Waals surface area contributed by atoms with E-state index in [1.54, 1.807) is 0 Å². The van der Waals surface area contributed by atoms with Crippen LogP contribution in [-0.4, -0.2) is 25.0 Å². The normalized spacial score (nSPS) is 15.8. The van der Waals surface area contributed by atoms with E-state index in [1.807, 2.05) is 11.3 Å². The van der Waals surface area contributed by atoms with Gasteiger partial charge in [0.25, 0.3) is 0 Å². The van der Waals surface area contributed by atoms with Crippen molar-refractivity contribution in [3.63, 3.8) is 0 Å². The number of hydrogen-bond donors (Lipinski definition) is 1. The van der Waals surface area contributed by atoms with E-state index in [2.05, 4.69) is 58.7 Å². The Morgan fingerprint density at radius 2 is 1.95 bits per heavy atom. The van der Waals surface area contributed by atoms with E-state index < -0.39 is 0 Å². The lowest BCUT2D eigenvalue weighted by atomic mass is 9.95. The van der Waals surface area contributed by atoms with Gasteiger partial charge in [-0.25, -0.2) is 0 Å². The summed E-state index contributed by atoms with van der Waals surface area (Å²) in [6.45, 7) is 13.2. The zero-order valence-corrected chi connectivity index (χ0v) is 14.2. The number of hydrogen-bond acceptors (Lipinski definition) is 3. The molecule has 1 aromatic heterocycles. The second-order valence-corrected chi connectivity index (χ2v) is 7.77. The van der Waals surface area contributed by atoms with Gasteiger partial charge >= 0.3 is 0 Å². The summed E-state index contributed by atoms with van der Waals surface area (Å²) in [6, 6.07) is 4.88. The van der Waals surface area contributed by atoms with Gasteiger partial charge in [-0.2, -0.15) is 0 Å². The molecular formula is C16H30N2S. The SMILES string of the molecule is CCC(C)CN(C)C(CN)c1ccc(C(C)(C)C)s1. The van der Waals surface area contributed by atoms with Crippen LogP contribution in [0, 0.1) is 5.92 Å². The monoisotopic (exact) mass is 282 g/mol. The molecule has 0 saturated carbocycles. The van der Waals surface area contributed by atoms with E-state index in [-0.39, 0.29) is 5.41 Å². The zero-order valence-electron chi connectivity index (χ0n) is 13.4. The first-order valence-corrected chi connectivity index (χ1v) is 8.11. The number of thiophene rings is 1. The Morgan fingerprint density at radius 1 is 1.32 bits per heavy atom. The van der Waals surface area contributed by atoms with E-state index in [9.17, 15) is 0 Å². The lowest BCUT2D eigenvalue weighted by Crippen LogP contribution is -2.33. The van der Waals surface area contributed by atoms with Crippen molar-refractivity contribution in [2.75, 3.05) is 20.1 Å². The second kappa shape index (κ2) is 6.87. The standard InChI is InChI=1S/C16H30N2S/c1-7-12(2)11-18(6)13(10-17)14-8-9-15(19-14)16(3,4)5/h8-9,12-13H,7,10-11,17H2,1-6H3. The van der Waals surface area contributed by atoms with Gasteiger partial charge in [-0.1, -0.05) is 41.0 Å². The van der Waals surface area contributed by atoms with Gasteiger partial charge in [-0.3, -0.25) is 4.90 Å². The minimum absolute atomic E-state index is 0.233. The molecule has 0 aliphatic rings. The van der Waals surface area contributed by atoms with E-state index in [4.69, 9.17) is 5.73 Å². The van der Waals surface area contributed by atoms with Gasteiger partial charge in [0.1, 0.15) is 0 Å². The summed E-state index contributed by atoms with van der Waals surface area (Å²) in [5, 5.41) is 0. The highest BCUT2D eigenvalue weighted by molar-refractivity contribution is 7.12. The van der Waals surface area contributed by atoms with Crippen LogP contribution < -0.4 is 5.73 Å². The average Bonchev–Trinajstić information content (AvgIpc) is 2.78. The zero-order chi connectivity index (χ0) is 14.6. The van der Waals surface area contributed by atoms with Crippen LogP contribution in [-0.2, 0) is 5.41 Å². The van der Waals surface area contributed by atoms with Crippen LogP contribution in [0.4, 0.5) is 0 Å². The maximum absolute atomic E-state index is 6.01. The molecule has 0 amide bonds. The van der Waals surface area contributed by atoms with Crippen molar-refractivity contribution in [3.8, 4) is 0 Å². The van der Waals surface area contributed by atoms with Crippen molar-refractivity contribution in [2.45, 2.75) is 52.5 Å². The molecule has 2 unspecified atom stereocenters. The topological polar surface area (TPSA) is 29.3 Å². The molecule has 1 rings (SSSR count). The lowest BCUT2D eigenvalue weighted by Gasteiger charge is -2.28. The first-order valence-electron chi connectivity index (χ1n) is 7.30. The quantitative estimate of drug-likeness (QED) is 0.854. The third-order valence-corrected chi connectivity index (χ3v) is 5.36. The molecule has 3 heteroatoms.